The summed E-state index contributed by atoms with van der Waals surface area (Å²) in [4.78, 5) is 1.34. The molecule has 0 saturated heterocycles. The van der Waals surface area contributed by atoms with Crippen LogP contribution in [0.4, 0.5) is 0 Å². The van der Waals surface area contributed by atoms with Gasteiger partial charge < -0.3 is 0 Å². The highest BCUT2D eigenvalue weighted by molar-refractivity contribution is 8.01. The predicted octanol–water partition coefficient (Wildman–Crippen LogP) is 4.13. The fourth-order valence-corrected chi connectivity index (χ4v) is 1.73. The first kappa shape index (κ1) is 9.66. The van der Waals surface area contributed by atoms with E-state index in [-0.39, 0.29) is 0 Å². The zero-order chi connectivity index (χ0) is 8.65. The summed E-state index contributed by atoms with van der Waals surface area (Å²) in [7, 11) is 0. The molecule has 12 heavy (non-hydrogen) atoms. The van der Waals surface area contributed by atoms with E-state index >= 15 is 0 Å². The van der Waals surface area contributed by atoms with Crippen molar-refractivity contribution < 1.29 is 0 Å². The quantitative estimate of drug-likeness (QED) is 0.484. The van der Waals surface area contributed by atoms with Gasteiger partial charge in [-0.3, -0.25) is 0 Å². The molecule has 0 aliphatic rings. The van der Waals surface area contributed by atoms with Gasteiger partial charge in [-0.2, -0.15) is 0 Å². The van der Waals surface area contributed by atoms with Crippen LogP contribution in [-0.4, -0.2) is 0 Å². The summed E-state index contributed by atoms with van der Waals surface area (Å²) in [5.74, 6) is 2.29. The van der Waals surface area contributed by atoms with E-state index in [1.807, 2.05) is 11.8 Å². The molecule has 65 valence electrons. The first-order valence-corrected chi connectivity index (χ1v) is 5.35. The topological polar surface area (TPSA) is 0 Å². The van der Waals surface area contributed by atoms with Crippen molar-refractivity contribution in [2.45, 2.75) is 31.1 Å². The van der Waals surface area contributed by atoms with Gasteiger partial charge in [0.25, 0.3) is 0 Å². The molecule has 1 radical (unpaired) electrons. The van der Waals surface area contributed by atoms with Gasteiger partial charge in [0.15, 0.2) is 0 Å². The molecule has 0 aliphatic heterocycles. The molecule has 0 heterocycles. The fraction of sp³-hybridized carbons (Fsp3) is 0.364. The van der Waals surface area contributed by atoms with Crippen LogP contribution < -0.4 is 0 Å². The van der Waals surface area contributed by atoms with E-state index in [9.17, 15) is 0 Å². The minimum atomic E-state index is 1.22. The zero-order valence-corrected chi connectivity index (χ0v) is 8.31. The van der Waals surface area contributed by atoms with Crippen LogP contribution in [0.1, 0.15) is 26.2 Å². The summed E-state index contributed by atoms with van der Waals surface area (Å²) in [6, 6.07) is 10.5. The third kappa shape index (κ3) is 3.82. The SMILES string of the molecule is CCCC[CH]Sc1ccccc1. The van der Waals surface area contributed by atoms with Gasteiger partial charge in [-0.25, -0.2) is 0 Å². The average Bonchev–Trinajstić information content (AvgIpc) is 2.14. The van der Waals surface area contributed by atoms with Crippen molar-refractivity contribution in [3.8, 4) is 0 Å². The molecule has 0 aromatic heterocycles. The second-order valence-electron chi connectivity index (χ2n) is 2.74. The zero-order valence-electron chi connectivity index (χ0n) is 7.49. The van der Waals surface area contributed by atoms with Crippen molar-refractivity contribution in [1.82, 2.24) is 0 Å². The highest BCUT2D eigenvalue weighted by Crippen LogP contribution is 2.22. The van der Waals surface area contributed by atoms with Crippen LogP contribution in [-0.2, 0) is 0 Å². The lowest BCUT2D eigenvalue weighted by Crippen LogP contribution is -1.73. The fourth-order valence-electron chi connectivity index (χ4n) is 0.942. The summed E-state index contributed by atoms with van der Waals surface area (Å²) in [6.45, 7) is 2.22. The van der Waals surface area contributed by atoms with Crippen molar-refractivity contribution in [3.63, 3.8) is 0 Å². The van der Waals surface area contributed by atoms with Gasteiger partial charge in [0.1, 0.15) is 0 Å². The molecule has 0 aliphatic carbocycles. The van der Waals surface area contributed by atoms with Crippen molar-refractivity contribution in [3.05, 3.63) is 36.1 Å². The molecular formula is C11H15S. The molecule has 0 bridgehead atoms. The second-order valence-corrected chi connectivity index (χ2v) is 3.78. The molecule has 1 aromatic rings. The van der Waals surface area contributed by atoms with Gasteiger partial charge in [-0.15, -0.1) is 11.8 Å². The lowest BCUT2D eigenvalue weighted by molar-refractivity contribution is 0.806. The van der Waals surface area contributed by atoms with Gasteiger partial charge in [0, 0.05) is 10.6 Å². The average molecular weight is 179 g/mol. The molecule has 0 amide bonds. The number of hydrogen-bond donors (Lipinski definition) is 0. The van der Waals surface area contributed by atoms with Crippen LogP contribution in [0, 0.1) is 5.75 Å². The van der Waals surface area contributed by atoms with Crippen LogP contribution in [0.25, 0.3) is 0 Å². The Labute approximate surface area is 79.4 Å². The van der Waals surface area contributed by atoms with Crippen molar-refractivity contribution >= 4 is 11.8 Å². The Hall–Kier alpha value is -0.430. The molecular weight excluding hydrogens is 164 g/mol. The Bertz CT molecular complexity index is 193. The van der Waals surface area contributed by atoms with Crippen LogP contribution in [0.2, 0.25) is 0 Å². The van der Waals surface area contributed by atoms with E-state index in [0.29, 0.717) is 0 Å². The van der Waals surface area contributed by atoms with E-state index in [4.69, 9.17) is 0 Å². The highest BCUT2D eigenvalue weighted by Gasteiger charge is 1.91. The summed E-state index contributed by atoms with van der Waals surface area (Å²) >= 11 is 1.84. The van der Waals surface area contributed by atoms with E-state index < -0.39 is 0 Å². The Morgan fingerprint density at radius 1 is 1.25 bits per heavy atom. The largest absolute Gasteiger partial charge is 0.122 e. The lowest BCUT2D eigenvalue weighted by Gasteiger charge is -1.98. The lowest BCUT2D eigenvalue weighted by atomic mass is 10.3. The van der Waals surface area contributed by atoms with Crippen LogP contribution >= 0.6 is 11.8 Å². The van der Waals surface area contributed by atoms with E-state index in [1.165, 1.54) is 24.2 Å². The van der Waals surface area contributed by atoms with E-state index in [2.05, 4.69) is 43.0 Å². The third-order valence-corrected chi connectivity index (χ3v) is 2.58. The van der Waals surface area contributed by atoms with Crippen LogP contribution in [0.5, 0.6) is 0 Å². The molecule has 0 saturated carbocycles. The molecule has 0 spiro atoms. The summed E-state index contributed by atoms with van der Waals surface area (Å²) in [5.41, 5.74) is 0. The molecule has 0 nitrogen and oxygen atoms in total. The standard InChI is InChI=1S/C11H15S/c1-2-3-7-10-12-11-8-5-4-6-9-11/h4-6,8-10H,2-3,7H2,1H3. The van der Waals surface area contributed by atoms with E-state index in [1.54, 1.807) is 0 Å². The third-order valence-electron chi connectivity index (χ3n) is 1.64. The minimum absolute atomic E-state index is 1.22. The first-order valence-electron chi connectivity index (χ1n) is 4.47. The number of hydrogen-bond acceptors (Lipinski definition) is 1. The van der Waals surface area contributed by atoms with Crippen LogP contribution in [0.15, 0.2) is 35.2 Å². The smallest absolute Gasteiger partial charge is 0.0217 e. The van der Waals surface area contributed by atoms with Gasteiger partial charge in [0.2, 0.25) is 0 Å². The van der Waals surface area contributed by atoms with Crippen molar-refractivity contribution in [2.75, 3.05) is 0 Å². The Morgan fingerprint density at radius 2 is 2.00 bits per heavy atom. The molecule has 1 aromatic carbocycles. The summed E-state index contributed by atoms with van der Waals surface area (Å²) < 4.78 is 0. The Morgan fingerprint density at radius 3 is 2.67 bits per heavy atom. The van der Waals surface area contributed by atoms with Crippen molar-refractivity contribution in [1.29, 1.82) is 0 Å². The number of unbranched alkanes of at least 4 members (excludes halogenated alkanes) is 2. The maximum absolute atomic E-state index is 2.29. The molecule has 0 atom stereocenters. The number of benzene rings is 1. The minimum Gasteiger partial charge on any atom is -0.122 e. The summed E-state index contributed by atoms with van der Waals surface area (Å²) in [5, 5.41) is 0. The molecule has 1 heteroatoms. The van der Waals surface area contributed by atoms with Gasteiger partial charge in [-0.1, -0.05) is 38.0 Å². The molecule has 1 rings (SSSR count). The Balaban J connectivity index is 2.16. The maximum Gasteiger partial charge on any atom is 0.0217 e. The number of rotatable bonds is 5. The van der Waals surface area contributed by atoms with Crippen LogP contribution in [0.3, 0.4) is 0 Å². The van der Waals surface area contributed by atoms with Gasteiger partial charge in [0.05, 0.1) is 0 Å². The molecule has 0 fully saturated rings. The van der Waals surface area contributed by atoms with E-state index in [0.717, 1.165) is 0 Å². The monoisotopic (exact) mass is 179 g/mol. The van der Waals surface area contributed by atoms with Crippen molar-refractivity contribution in [2.24, 2.45) is 0 Å². The molecule has 0 unspecified atom stereocenters. The first-order chi connectivity index (χ1) is 5.93. The summed E-state index contributed by atoms with van der Waals surface area (Å²) in [6.07, 6.45) is 3.81. The van der Waals surface area contributed by atoms with Gasteiger partial charge in [-0.05, 0) is 18.6 Å². The normalized spacial score (nSPS) is 10.1. The predicted molar refractivity (Wildman–Crippen MR) is 56.1 cm³/mol. The van der Waals surface area contributed by atoms with Gasteiger partial charge >= 0.3 is 0 Å². The highest BCUT2D eigenvalue weighted by atomic mass is 32.2. The Kier molecular flexibility index (Phi) is 4.93. The molecule has 0 N–H and O–H groups in total. The maximum atomic E-state index is 2.29. The number of thioether (sulfide) groups is 1. The second kappa shape index (κ2) is 6.13.